The lowest BCUT2D eigenvalue weighted by Crippen LogP contribution is -2.18. The molecule has 0 saturated carbocycles. The molecule has 0 fully saturated rings. The third-order valence-corrected chi connectivity index (χ3v) is 4.76. The van der Waals surface area contributed by atoms with Gasteiger partial charge in [0.2, 0.25) is 0 Å². The second-order valence-electron chi connectivity index (χ2n) is 6.64. The molecule has 102 valence electrons. The third-order valence-electron chi connectivity index (χ3n) is 3.57. The molecule has 0 spiro atoms. The van der Waals surface area contributed by atoms with E-state index in [4.69, 9.17) is 0 Å². The first-order valence-electron chi connectivity index (χ1n) is 6.97. The molecule has 2 heterocycles. The second kappa shape index (κ2) is 4.44. The van der Waals surface area contributed by atoms with Gasteiger partial charge < -0.3 is 4.98 Å². The Hall–Kier alpha value is -1.16. The Morgan fingerprint density at radius 1 is 1.26 bits per heavy atom. The second-order valence-corrected chi connectivity index (χ2v) is 7.72. The van der Waals surface area contributed by atoms with Gasteiger partial charge in [-0.25, -0.2) is 4.98 Å². The van der Waals surface area contributed by atoms with Crippen molar-refractivity contribution in [3.05, 3.63) is 26.6 Å². The third kappa shape index (κ3) is 2.46. The van der Waals surface area contributed by atoms with Crippen LogP contribution in [0.4, 0.5) is 0 Å². The van der Waals surface area contributed by atoms with Crippen LogP contribution in [0.15, 0.2) is 4.79 Å². The summed E-state index contributed by atoms with van der Waals surface area (Å²) in [5.74, 6) is 0.823. The summed E-state index contributed by atoms with van der Waals surface area (Å²) in [5.41, 5.74) is 1.46. The molecule has 0 aliphatic heterocycles. The molecule has 0 amide bonds. The van der Waals surface area contributed by atoms with Crippen molar-refractivity contribution in [1.82, 2.24) is 9.97 Å². The first-order valence-corrected chi connectivity index (χ1v) is 7.79. The van der Waals surface area contributed by atoms with E-state index in [2.05, 4.69) is 30.7 Å². The Kier molecular flexibility index (Phi) is 3.01. The molecule has 3 rings (SSSR count). The largest absolute Gasteiger partial charge is 0.310 e. The van der Waals surface area contributed by atoms with Gasteiger partial charge in [-0.3, -0.25) is 4.79 Å². The van der Waals surface area contributed by atoms with E-state index < -0.39 is 0 Å². The van der Waals surface area contributed by atoms with Crippen molar-refractivity contribution >= 4 is 21.6 Å². The van der Waals surface area contributed by atoms with Crippen molar-refractivity contribution in [2.24, 2.45) is 5.41 Å². The van der Waals surface area contributed by atoms with Gasteiger partial charge in [-0.15, -0.1) is 11.3 Å². The molecule has 0 unspecified atom stereocenters. The van der Waals surface area contributed by atoms with Crippen molar-refractivity contribution < 1.29 is 0 Å². The Morgan fingerprint density at radius 2 is 2.00 bits per heavy atom. The van der Waals surface area contributed by atoms with Gasteiger partial charge in [0.1, 0.15) is 10.7 Å². The zero-order valence-corrected chi connectivity index (χ0v) is 12.6. The highest BCUT2D eigenvalue weighted by Gasteiger charge is 2.21. The summed E-state index contributed by atoms with van der Waals surface area (Å²) in [6.45, 7) is 6.49. The van der Waals surface area contributed by atoms with E-state index in [1.165, 1.54) is 23.3 Å². The van der Waals surface area contributed by atoms with Crippen molar-refractivity contribution in [2.75, 3.05) is 0 Å². The molecular weight excluding hydrogens is 256 g/mol. The summed E-state index contributed by atoms with van der Waals surface area (Å²) in [4.78, 5) is 22.3. The fourth-order valence-electron chi connectivity index (χ4n) is 2.79. The molecule has 1 aliphatic rings. The Balaban J connectivity index is 2.14. The maximum absolute atomic E-state index is 12.3. The molecular formula is C15H20N2OS. The summed E-state index contributed by atoms with van der Waals surface area (Å²) in [7, 11) is 0. The van der Waals surface area contributed by atoms with E-state index in [1.807, 2.05) is 0 Å². The zero-order chi connectivity index (χ0) is 13.6. The predicted octanol–water partition coefficient (Wildman–Crippen LogP) is 3.45. The molecule has 1 N–H and O–H groups in total. The summed E-state index contributed by atoms with van der Waals surface area (Å²) in [6.07, 6.45) is 5.40. The minimum Gasteiger partial charge on any atom is -0.310 e. The van der Waals surface area contributed by atoms with E-state index in [0.29, 0.717) is 0 Å². The molecule has 0 saturated heterocycles. The topological polar surface area (TPSA) is 45.8 Å². The molecule has 2 aromatic rings. The predicted molar refractivity (Wildman–Crippen MR) is 80.0 cm³/mol. The minimum atomic E-state index is 0.0589. The summed E-state index contributed by atoms with van der Waals surface area (Å²) in [6, 6.07) is 0. The van der Waals surface area contributed by atoms with E-state index >= 15 is 0 Å². The number of hydrogen-bond donors (Lipinski definition) is 1. The number of aromatic nitrogens is 2. The van der Waals surface area contributed by atoms with Crippen molar-refractivity contribution in [1.29, 1.82) is 0 Å². The molecule has 0 aromatic carbocycles. The maximum atomic E-state index is 12.3. The summed E-state index contributed by atoms with van der Waals surface area (Å²) >= 11 is 1.72. The lowest BCUT2D eigenvalue weighted by molar-refractivity contribution is 0.401. The highest BCUT2D eigenvalue weighted by atomic mass is 32.1. The SMILES string of the molecule is CC(C)(C)Cc1nc2sc3c(c2c(=O)[nH]1)CCCC3. The average molecular weight is 276 g/mol. The molecule has 0 atom stereocenters. The van der Waals surface area contributed by atoms with E-state index in [0.717, 1.165) is 35.3 Å². The minimum absolute atomic E-state index is 0.0589. The fraction of sp³-hybridized carbons (Fsp3) is 0.600. The number of aromatic amines is 1. The normalized spacial score (nSPS) is 15.7. The number of aryl methyl sites for hydroxylation is 2. The van der Waals surface area contributed by atoms with Crippen LogP contribution in [0, 0.1) is 5.41 Å². The maximum Gasteiger partial charge on any atom is 0.259 e. The van der Waals surface area contributed by atoms with Crippen molar-refractivity contribution in [3.8, 4) is 0 Å². The van der Waals surface area contributed by atoms with Crippen LogP contribution in [0.5, 0.6) is 0 Å². The van der Waals surface area contributed by atoms with Crippen LogP contribution < -0.4 is 5.56 Å². The van der Waals surface area contributed by atoms with Gasteiger partial charge in [-0.1, -0.05) is 20.8 Å². The number of H-pyrrole nitrogens is 1. The molecule has 4 heteroatoms. The lowest BCUT2D eigenvalue weighted by atomic mass is 9.92. The highest BCUT2D eigenvalue weighted by molar-refractivity contribution is 7.18. The number of thiophene rings is 1. The average Bonchev–Trinajstić information content (AvgIpc) is 2.64. The van der Waals surface area contributed by atoms with Gasteiger partial charge in [0.15, 0.2) is 0 Å². The van der Waals surface area contributed by atoms with Crippen LogP contribution in [0.1, 0.15) is 49.9 Å². The lowest BCUT2D eigenvalue weighted by Gasteiger charge is -2.16. The first kappa shape index (κ1) is 12.9. The Bertz CT molecular complexity index is 676. The van der Waals surface area contributed by atoms with Gasteiger partial charge in [0.05, 0.1) is 5.39 Å². The highest BCUT2D eigenvalue weighted by Crippen LogP contribution is 2.33. The van der Waals surface area contributed by atoms with Crippen LogP contribution in [-0.2, 0) is 19.3 Å². The van der Waals surface area contributed by atoms with Gasteiger partial charge in [0, 0.05) is 11.3 Å². The van der Waals surface area contributed by atoms with E-state index in [9.17, 15) is 4.79 Å². The Labute approximate surface area is 117 Å². The quantitative estimate of drug-likeness (QED) is 0.867. The standard InChI is InChI=1S/C15H20N2OS/c1-15(2,3)8-11-16-13(18)12-9-6-4-5-7-10(9)19-14(12)17-11/h4-8H2,1-3H3,(H,16,17,18). The molecule has 1 aliphatic carbocycles. The number of nitrogens with one attached hydrogen (secondary N) is 1. The van der Waals surface area contributed by atoms with Gasteiger partial charge in [0.25, 0.3) is 5.56 Å². The van der Waals surface area contributed by atoms with Gasteiger partial charge >= 0.3 is 0 Å². The van der Waals surface area contributed by atoms with Crippen molar-refractivity contribution in [3.63, 3.8) is 0 Å². The van der Waals surface area contributed by atoms with Crippen molar-refractivity contribution in [2.45, 2.75) is 52.9 Å². The number of hydrogen-bond acceptors (Lipinski definition) is 3. The monoisotopic (exact) mass is 276 g/mol. The molecule has 2 aromatic heterocycles. The first-order chi connectivity index (χ1) is 8.94. The number of nitrogens with zero attached hydrogens (tertiary/aromatic N) is 1. The smallest absolute Gasteiger partial charge is 0.259 e. The molecule has 3 nitrogen and oxygen atoms in total. The van der Waals surface area contributed by atoms with Crippen LogP contribution in [0.3, 0.4) is 0 Å². The molecule has 0 bridgehead atoms. The van der Waals surface area contributed by atoms with Gasteiger partial charge in [-0.05, 0) is 36.7 Å². The van der Waals surface area contributed by atoms with E-state index in [-0.39, 0.29) is 11.0 Å². The van der Waals surface area contributed by atoms with Gasteiger partial charge in [-0.2, -0.15) is 0 Å². The number of rotatable bonds is 1. The molecule has 0 radical (unpaired) electrons. The fourth-order valence-corrected chi connectivity index (χ4v) is 4.08. The van der Waals surface area contributed by atoms with Crippen LogP contribution in [0.25, 0.3) is 10.2 Å². The van der Waals surface area contributed by atoms with E-state index in [1.54, 1.807) is 11.3 Å². The zero-order valence-electron chi connectivity index (χ0n) is 11.8. The summed E-state index contributed by atoms with van der Waals surface area (Å²) in [5, 5.41) is 0.859. The van der Waals surface area contributed by atoms with Crippen LogP contribution in [0.2, 0.25) is 0 Å². The van der Waals surface area contributed by atoms with Crippen LogP contribution >= 0.6 is 11.3 Å². The summed E-state index contributed by atoms with van der Waals surface area (Å²) < 4.78 is 0. The Morgan fingerprint density at radius 3 is 2.74 bits per heavy atom. The molecule has 19 heavy (non-hydrogen) atoms. The number of fused-ring (bicyclic) bond motifs is 3. The van der Waals surface area contributed by atoms with Crippen LogP contribution in [-0.4, -0.2) is 9.97 Å².